The zero-order chi connectivity index (χ0) is 18.4. The van der Waals surface area contributed by atoms with Gasteiger partial charge in [-0.1, -0.05) is 76.6 Å². The minimum atomic E-state index is -0.211. The first-order valence-electron chi connectivity index (χ1n) is 8.39. The van der Waals surface area contributed by atoms with Gasteiger partial charge in [0.25, 0.3) is 0 Å². The van der Waals surface area contributed by atoms with Gasteiger partial charge in [-0.2, -0.15) is 0 Å². The summed E-state index contributed by atoms with van der Waals surface area (Å²) < 4.78 is 6.13. The normalized spacial score (nSPS) is 11.6. The van der Waals surface area contributed by atoms with Crippen molar-refractivity contribution in [3.05, 3.63) is 100 Å². The first-order chi connectivity index (χ1) is 12.7. The number of hydrogen-bond donors (Lipinski definition) is 1. The van der Waals surface area contributed by atoms with Crippen LogP contribution < -0.4 is 10.1 Å². The van der Waals surface area contributed by atoms with Crippen LogP contribution in [0.1, 0.15) is 22.7 Å². The number of nitrogens with one attached hydrogen (secondary N) is 1. The van der Waals surface area contributed by atoms with Crippen LogP contribution in [0.25, 0.3) is 0 Å². The third-order valence-electron chi connectivity index (χ3n) is 4.18. The summed E-state index contributed by atoms with van der Waals surface area (Å²) in [5, 5.41) is 3.17. The summed E-state index contributed by atoms with van der Waals surface area (Å²) in [4.78, 5) is 12.7. The summed E-state index contributed by atoms with van der Waals surface area (Å²) in [5.74, 6) is 0.754. The van der Waals surface area contributed by atoms with Gasteiger partial charge in [0.2, 0.25) is 5.91 Å². The van der Waals surface area contributed by atoms with E-state index in [0.29, 0.717) is 6.42 Å². The molecule has 0 bridgehead atoms. The average Bonchev–Trinajstić information content (AvgIpc) is 2.68. The molecule has 3 aromatic rings. The molecular weight excluding hydrogens is 390 g/mol. The number of benzene rings is 3. The fourth-order valence-corrected chi connectivity index (χ4v) is 3.35. The highest BCUT2D eigenvalue weighted by molar-refractivity contribution is 9.10. The maximum absolute atomic E-state index is 12.7. The Kier molecular flexibility index (Phi) is 6.08. The van der Waals surface area contributed by atoms with Crippen LogP contribution in [0.4, 0.5) is 0 Å². The summed E-state index contributed by atoms with van der Waals surface area (Å²) in [6, 6.07) is 25.3. The van der Waals surface area contributed by atoms with Crippen LogP contribution in [-0.4, -0.2) is 13.0 Å². The van der Waals surface area contributed by atoms with E-state index in [-0.39, 0.29) is 11.9 Å². The van der Waals surface area contributed by atoms with Gasteiger partial charge in [-0.05, 0) is 34.9 Å². The number of ether oxygens (including phenoxy) is 1. The predicted molar refractivity (Wildman–Crippen MR) is 107 cm³/mol. The highest BCUT2D eigenvalue weighted by atomic mass is 79.9. The Bertz CT molecular complexity index is 863. The SMILES string of the molecule is COc1ccc(CC(=O)N[C@@H](c2ccccc2)c2ccccc2Br)cc1. The van der Waals surface area contributed by atoms with E-state index in [1.807, 2.05) is 78.9 Å². The molecule has 1 amide bonds. The second-order valence-electron chi connectivity index (χ2n) is 5.96. The van der Waals surface area contributed by atoms with Crippen LogP contribution in [0.5, 0.6) is 5.75 Å². The van der Waals surface area contributed by atoms with Crippen LogP contribution in [0.3, 0.4) is 0 Å². The third kappa shape index (κ3) is 4.52. The van der Waals surface area contributed by atoms with E-state index in [1.165, 1.54) is 0 Å². The van der Waals surface area contributed by atoms with Crippen LogP contribution in [0, 0.1) is 0 Å². The Morgan fingerprint density at radius 2 is 1.62 bits per heavy atom. The molecule has 3 nitrogen and oxygen atoms in total. The highest BCUT2D eigenvalue weighted by Crippen LogP contribution is 2.28. The van der Waals surface area contributed by atoms with Gasteiger partial charge in [0, 0.05) is 4.47 Å². The number of methoxy groups -OCH3 is 1. The van der Waals surface area contributed by atoms with E-state index in [1.54, 1.807) is 7.11 Å². The maximum atomic E-state index is 12.7. The lowest BCUT2D eigenvalue weighted by Crippen LogP contribution is -2.30. The molecule has 132 valence electrons. The van der Waals surface area contributed by atoms with Crippen molar-refractivity contribution in [2.24, 2.45) is 0 Å². The molecule has 0 aromatic heterocycles. The molecular formula is C22H20BrNO2. The van der Waals surface area contributed by atoms with Crippen molar-refractivity contribution in [1.82, 2.24) is 5.32 Å². The van der Waals surface area contributed by atoms with E-state index < -0.39 is 0 Å². The van der Waals surface area contributed by atoms with Gasteiger partial charge >= 0.3 is 0 Å². The van der Waals surface area contributed by atoms with Crippen molar-refractivity contribution < 1.29 is 9.53 Å². The fraction of sp³-hybridized carbons (Fsp3) is 0.136. The van der Waals surface area contributed by atoms with Gasteiger partial charge in [0.1, 0.15) is 5.75 Å². The molecule has 0 fully saturated rings. The number of halogens is 1. The Morgan fingerprint density at radius 3 is 2.27 bits per heavy atom. The topological polar surface area (TPSA) is 38.3 Å². The molecule has 0 saturated carbocycles. The monoisotopic (exact) mass is 409 g/mol. The van der Waals surface area contributed by atoms with Gasteiger partial charge < -0.3 is 10.1 Å². The van der Waals surface area contributed by atoms with Crippen LogP contribution >= 0.6 is 15.9 Å². The largest absolute Gasteiger partial charge is 0.497 e. The Hall–Kier alpha value is -2.59. The Morgan fingerprint density at radius 1 is 0.962 bits per heavy atom. The van der Waals surface area contributed by atoms with Crippen LogP contribution in [0.15, 0.2) is 83.3 Å². The predicted octanol–water partition coefficient (Wildman–Crippen LogP) is 4.91. The lowest BCUT2D eigenvalue weighted by Gasteiger charge is -2.21. The molecule has 26 heavy (non-hydrogen) atoms. The summed E-state index contributed by atoms with van der Waals surface area (Å²) in [6.07, 6.45) is 0.317. The molecule has 0 saturated heterocycles. The van der Waals surface area contributed by atoms with Crippen molar-refractivity contribution >= 4 is 21.8 Å². The van der Waals surface area contributed by atoms with E-state index >= 15 is 0 Å². The van der Waals surface area contributed by atoms with Gasteiger partial charge in [-0.25, -0.2) is 0 Å². The molecule has 0 aliphatic rings. The van der Waals surface area contributed by atoms with Gasteiger partial charge in [0.15, 0.2) is 0 Å². The molecule has 3 rings (SSSR count). The highest BCUT2D eigenvalue weighted by Gasteiger charge is 2.19. The van der Waals surface area contributed by atoms with Crippen molar-refractivity contribution in [1.29, 1.82) is 0 Å². The quantitative estimate of drug-likeness (QED) is 0.628. The van der Waals surface area contributed by atoms with Crippen LogP contribution in [-0.2, 0) is 11.2 Å². The summed E-state index contributed by atoms with van der Waals surface area (Å²) in [7, 11) is 1.63. The number of rotatable bonds is 6. The molecule has 0 heterocycles. The smallest absolute Gasteiger partial charge is 0.225 e. The number of amides is 1. The number of hydrogen-bond acceptors (Lipinski definition) is 2. The molecule has 1 N–H and O–H groups in total. The zero-order valence-corrected chi connectivity index (χ0v) is 16.1. The zero-order valence-electron chi connectivity index (χ0n) is 14.5. The Balaban J connectivity index is 1.81. The Labute approximate surface area is 162 Å². The second-order valence-corrected chi connectivity index (χ2v) is 6.81. The minimum absolute atomic E-state index is 0.0280. The second kappa shape index (κ2) is 8.68. The molecule has 1 atom stereocenters. The summed E-state index contributed by atoms with van der Waals surface area (Å²) in [6.45, 7) is 0. The minimum Gasteiger partial charge on any atom is -0.497 e. The molecule has 0 aliphatic heterocycles. The molecule has 4 heteroatoms. The average molecular weight is 410 g/mol. The van der Waals surface area contributed by atoms with Crippen LogP contribution in [0.2, 0.25) is 0 Å². The van der Waals surface area contributed by atoms with E-state index in [0.717, 1.165) is 26.9 Å². The first-order valence-corrected chi connectivity index (χ1v) is 9.18. The van der Waals surface area contributed by atoms with Gasteiger partial charge in [0.05, 0.1) is 19.6 Å². The summed E-state index contributed by atoms with van der Waals surface area (Å²) >= 11 is 3.60. The van der Waals surface area contributed by atoms with E-state index in [4.69, 9.17) is 4.74 Å². The van der Waals surface area contributed by atoms with Crippen molar-refractivity contribution in [2.45, 2.75) is 12.5 Å². The molecule has 0 spiro atoms. The van der Waals surface area contributed by atoms with Crippen molar-refractivity contribution in [2.75, 3.05) is 7.11 Å². The molecule has 0 aliphatic carbocycles. The molecule has 3 aromatic carbocycles. The van der Waals surface area contributed by atoms with E-state index in [2.05, 4.69) is 21.2 Å². The van der Waals surface area contributed by atoms with Gasteiger partial charge in [-0.15, -0.1) is 0 Å². The lowest BCUT2D eigenvalue weighted by molar-refractivity contribution is -0.120. The maximum Gasteiger partial charge on any atom is 0.225 e. The summed E-state index contributed by atoms with van der Waals surface area (Å²) in [5.41, 5.74) is 3.02. The number of carbonyl (C=O) groups excluding carboxylic acids is 1. The number of carbonyl (C=O) groups is 1. The third-order valence-corrected chi connectivity index (χ3v) is 4.90. The van der Waals surface area contributed by atoms with E-state index in [9.17, 15) is 4.79 Å². The standard InChI is InChI=1S/C22H20BrNO2/c1-26-18-13-11-16(12-14-18)15-21(25)24-22(17-7-3-2-4-8-17)19-9-5-6-10-20(19)23/h2-14,22H,15H2,1H3,(H,24,25)/t22-/m0/s1. The van der Waals surface area contributed by atoms with Gasteiger partial charge in [-0.3, -0.25) is 4.79 Å². The van der Waals surface area contributed by atoms with Crippen molar-refractivity contribution in [3.63, 3.8) is 0 Å². The molecule has 0 unspecified atom stereocenters. The first kappa shape index (κ1) is 18.2. The lowest BCUT2D eigenvalue weighted by atomic mass is 9.98. The molecule has 0 radical (unpaired) electrons. The van der Waals surface area contributed by atoms with Crippen molar-refractivity contribution in [3.8, 4) is 5.75 Å². The fourth-order valence-electron chi connectivity index (χ4n) is 2.84.